The first kappa shape index (κ1) is 14.6. The topological polar surface area (TPSA) is 63.4 Å². The molecule has 3 N–H and O–H groups in total. The molecule has 1 aromatic carbocycles. The van der Waals surface area contributed by atoms with Crippen LogP contribution in [0, 0.1) is 0 Å². The molecule has 0 unspecified atom stereocenters. The van der Waals surface area contributed by atoms with E-state index in [1.165, 1.54) is 0 Å². The molecule has 0 saturated carbocycles. The number of nitrogen functional groups attached to an aromatic ring is 1. The number of rotatable bonds is 7. The summed E-state index contributed by atoms with van der Waals surface area (Å²) in [5.41, 5.74) is 8.63. The molecule has 1 heterocycles. The van der Waals surface area contributed by atoms with E-state index in [9.17, 15) is 0 Å². The largest absolute Gasteiger partial charge is 0.396 e. The number of hydrogen-bond donors (Lipinski definition) is 2. The maximum absolute atomic E-state index is 6.03. The van der Waals surface area contributed by atoms with Gasteiger partial charge in [0, 0.05) is 32.1 Å². The number of nitrogens with two attached hydrogens (primary N) is 1. The molecule has 1 aromatic heterocycles. The van der Waals surface area contributed by atoms with Crippen LogP contribution in [-0.2, 0) is 4.74 Å². The summed E-state index contributed by atoms with van der Waals surface area (Å²) in [6, 6.07) is 8.01. The van der Waals surface area contributed by atoms with E-state index < -0.39 is 0 Å². The number of aromatic nitrogens is 1. The maximum Gasteiger partial charge on any atom is 0.0743 e. The summed E-state index contributed by atoms with van der Waals surface area (Å²) in [7, 11) is 3.80. The van der Waals surface area contributed by atoms with Crippen molar-refractivity contribution < 1.29 is 4.74 Å². The number of fused-ring (bicyclic) bond motifs is 1. The lowest BCUT2D eigenvalue weighted by Gasteiger charge is -2.18. The molecule has 5 nitrogen and oxygen atoms in total. The van der Waals surface area contributed by atoms with Crippen molar-refractivity contribution >= 4 is 22.3 Å². The second-order valence-corrected chi connectivity index (χ2v) is 4.83. The van der Waals surface area contributed by atoms with Gasteiger partial charge in [-0.3, -0.25) is 4.98 Å². The van der Waals surface area contributed by atoms with Crippen molar-refractivity contribution in [1.82, 2.24) is 9.88 Å². The van der Waals surface area contributed by atoms with Gasteiger partial charge in [-0.05, 0) is 13.1 Å². The second-order valence-electron chi connectivity index (χ2n) is 4.83. The number of likely N-dealkylation sites (N-methyl/N-ethyl adjacent to an activating group) is 1. The first-order valence-electron chi connectivity index (χ1n) is 6.77. The van der Waals surface area contributed by atoms with E-state index in [0.717, 1.165) is 42.8 Å². The molecule has 0 saturated heterocycles. The quantitative estimate of drug-likeness (QED) is 0.806. The first-order valence-corrected chi connectivity index (χ1v) is 6.77. The zero-order chi connectivity index (χ0) is 14.4. The highest BCUT2D eigenvalue weighted by atomic mass is 16.5. The van der Waals surface area contributed by atoms with Crippen molar-refractivity contribution in [2.24, 2.45) is 0 Å². The van der Waals surface area contributed by atoms with Gasteiger partial charge in [-0.2, -0.15) is 0 Å². The van der Waals surface area contributed by atoms with Crippen LogP contribution in [0.1, 0.15) is 0 Å². The van der Waals surface area contributed by atoms with Crippen LogP contribution in [0.4, 0.5) is 11.4 Å². The molecule has 0 amide bonds. The van der Waals surface area contributed by atoms with Crippen LogP contribution in [0.5, 0.6) is 0 Å². The highest BCUT2D eigenvalue weighted by Gasteiger charge is 2.06. The monoisotopic (exact) mass is 274 g/mol. The van der Waals surface area contributed by atoms with Crippen LogP contribution >= 0.6 is 0 Å². The Bertz CT molecular complexity index is 559. The van der Waals surface area contributed by atoms with Crippen LogP contribution in [-0.4, -0.2) is 50.3 Å². The molecule has 108 valence electrons. The van der Waals surface area contributed by atoms with Gasteiger partial charge in [0.2, 0.25) is 0 Å². The lowest BCUT2D eigenvalue weighted by molar-refractivity contribution is 0.163. The van der Waals surface area contributed by atoms with Gasteiger partial charge < -0.3 is 20.7 Å². The van der Waals surface area contributed by atoms with Gasteiger partial charge in [0.15, 0.2) is 0 Å². The van der Waals surface area contributed by atoms with E-state index >= 15 is 0 Å². The number of benzene rings is 1. The average molecular weight is 274 g/mol. The predicted molar refractivity (Wildman–Crippen MR) is 84.0 cm³/mol. The smallest absolute Gasteiger partial charge is 0.0743 e. The van der Waals surface area contributed by atoms with E-state index in [1.54, 1.807) is 13.3 Å². The van der Waals surface area contributed by atoms with E-state index in [1.807, 2.05) is 24.3 Å². The van der Waals surface area contributed by atoms with Crippen molar-refractivity contribution in [3.8, 4) is 0 Å². The van der Waals surface area contributed by atoms with Crippen molar-refractivity contribution in [1.29, 1.82) is 0 Å². The minimum absolute atomic E-state index is 0.684. The standard InChI is InChI=1S/C15H22N4O/c1-19(9-10-20-2)8-7-17-15-12-5-3-4-6-14(12)18-11-13(15)16/h3-6,11H,7-10,16H2,1-2H3,(H,17,18). The fourth-order valence-electron chi connectivity index (χ4n) is 2.08. The van der Waals surface area contributed by atoms with Gasteiger partial charge in [0.05, 0.1) is 29.7 Å². The number of nitrogens with one attached hydrogen (secondary N) is 1. The van der Waals surface area contributed by atoms with Crippen LogP contribution in [0.25, 0.3) is 10.9 Å². The van der Waals surface area contributed by atoms with E-state index in [2.05, 4.69) is 22.2 Å². The number of methoxy groups -OCH3 is 1. The molecule has 20 heavy (non-hydrogen) atoms. The molecule has 2 aromatic rings. The van der Waals surface area contributed by atoms with Crippen LogP contribution in [0.2, 0.25) is 0 Å². The average Bonchev–Trinajstić information content (AvgIpc) is 2.47. The van der Waals surface area contributed by atoms with Crippen molar-refractivity contribution in [3.05, 3.63) is 30.5 Å². The van der Waals surface area contributed by atoms with Gasteiger partial charge in [0.25, 0.3) is 0 Å². The molecular weight excluding hydrogens is 252 g/mol. The zero-order valence-electron chi connectivity index (χ0n) is 12.1. The number of hydrogen-bond acceptors (Lipinski definition) is 5. The maximum atomic E-state index is 6.03. The summed E-state index contributed by atoms with van der Waals surface area (Å²) in [5.74, 6) is 0. The zero-order valence-corrected chi connectivity index (χ0v) is 12.1. The third-order valence-corrected chi connectivity index (χ3v) is 3.28. The summed E-state index contributed by atoms with van der Waals surface area (Å²) in [4.78, 5) is 6.55. The van der Waals surface area contributed by atoms with Gasteiger partial charge in [-0.15, -0.1) is 0 Å². The van der Waals surface area contributed by atoms with Gasteiger partial charge in [-0.25, -0.2) is 0 Å². The Labute approximate surface area is 119 Å². The molecule has 0 radical (unpaired) electrons. The molecule has 0 aliphatic carbocycles. The number of anilines is 2. The van der Waals surface area contributed by atoms with Crippen molar-refractivity contribution in [2.45, 2.75) is 0 Å². The number of para-hydroxylation sites is 1. The molecule has 5 heteroatoms. The van der Waals surface area contributed by atoms with Gasteiger partial charge in [0.1, 0.15) is 0 Å². The minimum Gasteiger partial charge on any atom is -0.396 e. The lowest BCUT2D eigenvalue weighted by atomic mass is 10.1. The lowest BCUT2D eigenvalue weighted by Crippen LogP contribution is -2.28. The molecule has 0 spiro atoms. The van der Waals surface area contributed by atoms with Crippen molar-refractivity contribution in [2.75, 3.05) is 51.4 Å². The normalized spacial score (nSPS) is 11.2. The third kappa shape index (κ3) is 3.59. The molecule has 0 aliphatic heterocycles. The minimum atomic E-state index is 0.684. The highest BCUT2D eigenvalue weighted by molar-refractivity contribution is 5.96. The van der Waals surface area contributed by atoms with E-state index in [4.69, 9.17) is 10.5 Å². The van der Waals surface area contributed by atoms with E-state index in [-0.39, 0.29) is 0 Å². The van der Waals surface area contributed by atoms with Crippen LogP contribution in [0.3, 0.4) is 0 Å². The molecule has 0 bridgehead atoms. The third-order valence-electron chi connectivity index (χ3n) is 3.28. The SMILES string of the molecule is COCCN(C)CCNc1c(N)cnc2ccccc12. The first-order chi connectivity index (χ1) is 9.72. The van der Waals surface area contributed by atoms with Crippen molar-refractivity contribution in [3.63, 3.8) is 0 Å². The number of pyridine rings is 1. The summed E-state index contributed by atoms with van der Waals surface area (Å²) >= 11 is 0. The van der Waals surface area contributed by atoms with Gasteiger partial charge in [-0.1, -0.05) is 18.2 Å². The van der Waals surface area contributed by atoms with Crippen LogP contribution in [0.15, 0.2) is 30.5 Å². The fraction of sp³-hybridized carbons (Fsp3) is 0.400. The fourth-order valence-corrected chi connectivity index (χ4v) is 2.08. The summed E-state index contributed by atoms with van der Waals surface area (Å²) in [5, 5.41) is 4.48. The molecule has 0 fully saturated rings. The Hall–Kier alpha value is -1.85. The summed E-state index contributed by atoms with van der Waals surface area (Å²) < 4.78 is 5.06. The molecule has 0 aliphatic rings. The summed E-state index contributed by atoms with van der Waals surface area (Å²) in [6.45, 7) is 3.43. The Morgan fingerprint density at radius 3 is 2.90 bits per heavy atom. The highest BCUT2D eigenvalue weighted by Crippen LogP contribution is 2.27. The number of ether oxygens (including phenoxy) is 1. The Balaban J connectivity index is 2.01. The second kappa shape index (κ2) is 7.07. The van der Waals surface area contributed by atoms with Gasteiger partial charge >= 0.3 is 0 Å². The van der Waals surface area contributed by atoms with E-state index in [0.29, 0.717) is 5.69 Å². The summed E-state index contributed by atoms with van der Waals surface area (Å²) in [6.07, 6.45) is 1.71. The Morgan fingerprint density at radius 1 is 1.30 bits per heavy atom. The number of nitrogens with zero attached hydrogens (tertiary/aromatic N) is 2. The van der Waals surface area contributed by atoms with Crippen LogP contribution < -0.4 is 11.1 Å². The molecule has 2 rings (SSSR count). The predicted octanol–water partition coefficient (Wildman–Crippen LogP) is 1.81. The Kier molecular flexibility index (Phi) is 5.15. The molecule has 0 atom stereocenters. The Morgan fingerprint density at radius 2 is 2.10 bits per heavy atom. The molecular formula is C15H22N4O.